The Balaban J connectivity index is 1.91. The van der Waals surface area contributed by atoms with Gasteiger partial charge in [0.25, 0.3) is 0 Å². The van der Waals surface area contributed by atoms with E-state index in [9.17, 15) is 0 Å². The van der Waals surface area contributed by atoms with Gasteiger partial charge in [0.2, 0.25) is 0 Å². The van der Waals surface area contributed by atoms with Crippen molar-refractivity contribution in [1.82, 2.24) is 4.90 Å². The van der Waals surface area contributed by atoms with Crippen LogP contribution in [0, 0.1) is 6.92 Å². The highest BCUT2D eigenvalue weighted by Gasteiger charge is 2.42. The second kappa shape index (κ2) is 3.58. The van der Waals surface area contributed by atoms with Crippen molar-refractivity contribution in [1.29, 1.82) is 0 Å². The summed E-state index contributed by atoms with van der Waals surface area (Å²) < 4.78 is 0. The van der Waals surface area contributed by atoms with Crippen LogP contribution in [-0.2, 0) is 0 Å². The van der Waals surface area contributed by atoms with Gasteiger partial charge in [0.1, 0.15) is 0 Å². The summed E-state index contributed by atoms with van der Waals surface area (Å²) >= 11 is 1.88. The highest BCUT2D eigenvalue weighted by Crippen LogP contribution is 2.42. The topological polar surface area (TPSA) is 29.3 Å². The van der Waals surface area contributed by atoms with Crippen molar-refractivity contribution < 1.29 is 0 Å². The van der Waals surface area contributed by atoms with Crippen molar-refractivity contribution >= 4 is 11.3 Å². The minimum atomic E-state index is 0.350. The Morgan fingerprint density at radius 1 is 1.40 bits per heavy atom. The average molecular weight is 222 g/mol. The van der Waals surface area contributed by atoms with Gasteiger partial charge in [0.15, 0.2) is 0 Å². The van der Waals surface area contributed by atoms with Crippen molar-refractivity contribution in [3.05, 3.63) is 21.9 Å². The van der Waals surface area contributed by atoms with E-state index >= 15 is 0 Å². The van der Waals surface area contributed by atoms with Crippen LogP contribution in [0.25, 0.3) is 0 Å². The second-order valence-electron chi connectivity index (χ2n) is 4.83. The molecule has 1 saturated heterocycles. The van der Waals surface area contributed by atoms with Gasteiger partial charge in [-0.25, -0.2) is 0 Å². The first-order valence-corrected chi connectivity index (χ1v) is 6.70. The molecule has 3 heteroatoms. The molecule has 3 rings (SSSR count). The van der Waals surface area contributed by atoms with Crippen LogP contribution in [-0.4, -0.2) is 23.5 Å². The molecule has 0 aromatic carbocycles. The number of nitrogens with zero attached hydrogens (tertiary/aromatic N) is 1. The molecule has 82 valence electrons. The Hall–Kier alpha value is -0.380. The van der Waals surface area contributed by atoms with Gasteiger partial charge in [-0.1, -0.05) is 0 Å². The van der Waals surface area contributed by atoms with Crippen molar-refractivity contribution in [2.75, 3.05) is 6.54 Å². The van der Waals surface area contributed by atoms with Crippen molar-refractivity contribution in [2.45, 2.75) is 44.3 Å². The molecule has 0 radical (unpaired) electrons. The van der Waals surface area contributed by atoms with Crippen LogP contribution in [0.1, 0.15) is 35.7 Å². The number of aryl methyl sites for hydroxylation is 1. The number of hydrogen-bond acceptors (Lipinski definition) is 3. The molecule has 2 heterocycles. The molecule has 1 aliphatic heterocycles. The summed E-state index contributed by atoms with van der Waals surface area (Å²) in [6.07, 6.45) is 3.93. The van der Waals surface area contributed by atoms with E-state index in [1.807, 2.05) is 11.3 Å². The van der Waals surface area contributed by atoms with Gasteiger partial charge < -0.3 is 5.73 Å². The SMILES string of the molecule is Cc1ccsc1C1C(N)CCN1C1CC1. The lowest BCUT2D eigenvalue weighted by atomic mass is 10.1. The summed E-state index contributed by atoms with van der Waals surface area (Å²) in [5.74, 6) is 0. The fourth-order valence-electron chi connectivity index (χ4n) is 2.69. The predicted molar refractivity (Wildman–Crippen MR) is 64.1 cm³/mol. The molecule has 2 nitrogen and oxygen atoms in total. The van der Waals surface area contributed by atoms with Crippen LogP contribution in [0.2, 0.25) is 0 Å². The quantitative estimate of drug-likeness (QED) is 0.832. The van der Waals surface area contributed by atoms with E-state index in [0.29, 0.717) is 12.1 Å². The summed E-state index contributed by atoms with van der Waals surface area (Å²) in [4.78, 5) is 4.15. The van der Waals surface area contributed by atoms with E-state index in [-0.39, 0.29) is 0 Å². The molecule has 1 saturated carbocycles. The van der Waals surface area contributed by atoms with E-state index in [1.165, 1.54) is 36.2 Å². The maximum Gasteiger partial charge on any atom is 0.0599 e. The van der Waals surface area contributed by atoms with Crippen LogP contribution in [0.5, 0.6) is 0 Å². The number of likely N-dealkylation sites (tertiary alicyclic amines) is 1. The molecule has 1 aliphatic carbocycles. The molecule has 0 spiro atoms. The molecule has 2 atom stereocenters. The molecule has 0 bridgehead atoms. The molecule has 0 amide bonds. The number of rotatable bonds is 2. The van der Waals surface area contributed by atoms with Crippen molar-refractivity contribution in [3.8, 4) is 0 Å². The lowest BCUT2D eigenvalue weighted by Crippen LogP contribution is -2.32. The Labute approximate surface area is 95.1 Å². The minimum absolute atomic E-state index is 0.350. The molecule has 2 N–H and O–H groups in total. The maximum atomic E-state index is 6.26. The second-order valence-corrected chi connectivity index (χ2v) is 5.78. The van der Waals surface area contributed by atoms with E-state index < -0.39 is 0 Å². The summed E-state index contributed by atoms with van der Waals surface area (Å²) in [5.41, 5.74) is 7.68. The fourth-order valence-corrected chi connectivity index (χ4v) is 3.81. The van der Waals surface area contributed by atoms with Crippen molar-refractivity contribution in [3.63, 3.8) is 0 Å². The third-order valence-corrected chi connectivity index (χ3v) is 4.76. The molecular formula is C12H18N2S. The third kappa shape index (κ3) is 1.63. The van der Waals surface area contributed by atoms with Crippen LogP contribution >= 0.6 is 11.3 Å². The number of nitrogens with two attached hydrogens (primary N) is 1. The van der Waals surface area contributed by atoms with Crippen molar-refractivity contribution in [2.24, 2.45) is 5.73 Å². The van der Waals surface area contributed by atoms with Gasteiger partial charge in [-0.15, -0.1) is 11.3 Å². The van der Waals surface area contributed by atoms with E-state index in [4.69, 9.17) is 5.73 Å². The predicted octanol–water partition coefficient (Wildman–Crippen LogP) is 2.29. The van der Waals surface area contributed by atoms with Crippen LogP contribution in [0.4, 0.5) is 0 Å². The average Bonchev–Trinajstić information content (AvgIpc) is 2.88. The Morgan fingerprint density at radius 2 is 2.20 bits per heavy atom. The van der Waals surface area contributed by atoms with Gasteiger partial charge in [-0.3, -0.25) is 4.90 Å². The third-order valence-electron chi connectivity index (χ3n) is 3.67. The van der Waals surface area contributed by atoms with E-state index in [1.54, 1.807) is 0 Å². The molecule has 15 heavy (non-hydrogen) atoms. The Bertz CT molecular complexity index is 356. The molecule has 2 aliphatic rings. The first-order valence-electron chi connectivity index (χ1n) is 5.82. The molecule has 2 fully saturated rings. The first-order chi connectivity index (χ1) is 7.27. The highest BCUT2D eigenvalue weighted by atomic mass is 32.1. The zero-order chi connectivity index (χ0) is 10.4. The molecular weight excluding hydrogens is 204 g/mol. The molecule has 2 unspecified atom stereocenters. The fraction of sp³-hybridized carbons (Fsp3) is 0.667. The Kier molecular flexibility index (Phi) is 2.34. The van der Waals surface area contributed by atoms with Crippen LogP contribution < -0.4 is 5.73 Å². The standard InChI is InChI=1S/C12H18N2S/c1-8-5-7-15-12(8)11-10(13)4-6-14(11)9-2-3-9/h5,7,9-11H,2-4,6,13H2,1H3. The maximum absolute atomic E-state index is 6.26. The number of thiophene rings is 1. The monoisotopic (exact) mass is 222 g/mol. The smallest absolute Gasteiger partial charge is 0.0599 e. The lowest BCUT2D eigenvalue weighted by Gasteiger charge is -2.26. The van der Waals surface area contributed by atoms with E-state index in [0.717, 1.165) is 6.04 Å². The van der Waals surface area contributed by atoms with E-state index in [2.05, 4.69) is 23.3 Å². The molecule has 1 aromatic rings. The zero-order valence-electron chi connectivity index (χ0n) is 9.15. The van der Waals surface area contributed by atoms with Crippen LogP contribution in [0.15, 0.2) is 11.4 Å². The summed E-state index contributed by atoms with van der Waals surface area (Å²) in [6, 6.07) is 3.92. The highest BCUT2D eigenvalue weighted by molar-refractivity contribution is 7.10. The van der Waals surface area contributed by atoms with Gasteiger partial charge in [-0.2, -0.15) is 0 Å². The summed E-state index contributed by atoms with van der Waals surface area (Å²) in [7, 11) is 0. The van der Waals surface area contributed by atoms with Crippen LogP contribution in [0.3, 0.4) is 0 Å². The van der Waals surface area contributed by atoms with Gasteiger partial charge >= 0.3 is 0 Å². The normalized spacial score (nSPS) is 32.4. The summed E-state index contributed by atoms with van der Waals surface area (Å²) in [5, 5.41) is 2.20. The Morgan fingerprint density at radius 3 is 2.80 bits per heavy atom. The van der Waals surface area contributed by atoms with Gasteiger partial charge in [-0.05, 0) is 43.2 Å². The van der Waals surface area contributed by atoms with Gasteiger partial charge in [0, 0.05) is 23.5 Å². The lowest BCUT2D eigenvalue weighted by molar-refractivity contribution is 0.240. The largest absolute Gasteiger partial charge is 0.326 e. The number of hydrogen-bond donors (Lipinski definition) is 1. The first kappa shape index (κ1) is 9.82. The summed E-state index contributed by atoms with van der Waals surface area (Å²) in [6.45, 7) is 3.41. The molecule has 1 aromatic heterocycles. The minimum Gasteiger partial charge on any atom is -0.326 e. The van der Waals surface area contributed by atoms with Gasteiger partial charge in [0.05, 0.1) is 6.04 Å². The zero-order valence-corrected chi connectivity index (χ0v) is 9.96.